The Hall–Kier alpha value is -1.44. The summed E-state index contributed by atoms with van der Waals surface area (Å²) in [5, 5.41) is 5.00. The maximum absolute atomic E-state index is 12.0. The average molecular weight is 297 g/mol. The van der Waals surface area contributed by atoms with Gasteiger partial charge >= 0.3 is 0 Å². The van der Waals surface area contributed by atoms with Crippen LogP contribution in [0.1, 0.15) is 23.7 Å². The summed E-state index contributed by atoms with van der Waals surface area (Å²) in [5.41, 5.74) is 5.60. The minimum atomic E-state index is -0.529. The molecule has 3 N–H and O–H groups in total. The van der Waals surface area contributed by atoms with Gasteiger partial charge in [0.2, 0.25) is 5.91 Å². The molecule has 20 heavy (non-hydrogen) atoms. The number of nitrogens with zero attached hydrogens (tertiary/aromatic N) is 1. The lowest BCUT2D eigenvalue weighted by atomic mass is 10.2. The largest absolute Gasteiger partial charge is 0.376 e. The molecular formula is C13H19N3O3S. The highest BCUT2D eigenvalue weighted by atomic mass is 32.1. The maximum Gasteiger partial charge on any atom is 0.251 e. The zero-order valence-corrected chi connectivity index (χ0v) is 12.2. The van der Waals surface area contributed by atoms with Crippen LogP contribution in [0.2, 0.25) is 0 Å². The fourth-order valence-electron chi connectivity index (χ4n) is 2.14. The standard InChI is InChI=1S/C13H19N3O3S/c1-2-9-7-16(4-5-19-9)8-11(17)15-13-10(12(14)18)3-6-20-13/h3,6,9H,2,4-5,7-8H2,1H3,(H2,14,18)(H,15,17). The number of anilines is 1. The van der Waals surface area contributed by atoms with E-state index in [1.54, 1.807) is 11.4 Å². The highest BCUT2D eigenvalue weighted by molar-refractivity contribution is 7.14. The number of primary amides is 1. The quantitative estimate of drug-likeness (QED) is 0.845. The number of nitrogens with two attached hydrogens (primary N) is 1. The molecule has 1 fully saturated rings. The van der Waals surface area contributed by atoms with E-state index in [0.29, 0.717) is 23.7 Å². The van der Waals surface area contributed by atoms with E-state index in [2.05, 4.69) is 17.1 Å². The van der Waals surface area contributed by atoms with Gasteiger partial charge in [0.25, 0.3) is 5.91 Å². The lowest BCUT2D eigenvalue weighted by Crippen LogP contribution is -2.45. The number of amides is 2. The van der Waals surface area contributed by atoms with Gasteiger partial charge in [-0.15, -0.1) is 11.3 Å². The van der Waals surface area contributed by atoms with Crippen molar-refractivity contribution in [3.8, 4) is 0 Å². The first-order valence-corrected chi connectivity index (χ1v) is 7.49. The van der Waals surface area contributed by atoms with Gasteiger partial charge < -0.3 is 15.8 Å². The van der Waals surface area contributed by atoms with Gasteiger partial charge in [-0.05, 0) is 17.9 Å². The van der Waals surface area contributed by atoms with Crippen molar-refractivity contribution in [1.82, 2.24) is 4.90 Å². The van der Waals surface area contributed by atoms with Crippen molar-refractivity contribution < 1.29 is 14.3 Å². The second-order valence-electron chi connectivity index (χ2n) is 4.71. The summed E-state index contributed by atoms with van der Waals surface area (Å²) >= 11 is 1.30. The lowest BCUT2D eigenvalue weighted by molar-refractivity contribution is -0.119. The van der Waals surface area contributed by atoms with E-state index in [0.717, 1.165) is 19.5 Å². The zero-order valence-electron chi connectivity index (χ0n) is 11.4. The molecule has 1 aromatic rings. The summed E-state index contributed by atoms with van der Waals surface area (Å²) in [6, 6.07) is 1.62. The number of carbonyl (C=O) groups is 2. The van der Waals surface area contributed by atoms with E-state index in [-0.39, 0.29) is 12.0 Å². The highest BCUT2D eigenvalue weighted by Crippen LogP contribution is 2.22. The van der Waals surface area contributed by atoms with E-state index < -0.39 is 5.91 Å². The number of rotatable bonds is 5. The van der Waals surface area contributed by atoms with E-state index in [1.165, 1.54) is 11.3 Å². The van der Waals surface area contributed by atoms with E-state index in [9.17, 15) is 9.59 Å². The van der Waals surface area contributed by atoms with E-state index in [1.807, 2.05) is 0 Å². The topological polar surface area (TPSA) is 84.7 Å². The zero-order chi connectivity index (χ0) is 14.5. The highest BCUT2D eigenvalue weighted by Gasteiger charge is 2.21. The second-order valence-corrected chi connectivity index (χ2v) is 5.63. The first kappa shape index (κ1) is 15.0. The van der Waals surface area contributed by atoms with Crippen LogP contribution >= 0.6 is 11.3 Å². The SMILES string of the molecule is CCC1CN(CC(=O)Nc2sccc2C(N)=O)CCO1. The van der Waals surface area contributed by atoms with Crippen LogP contribution in [0.4, 0.5) is 5.00 Å². The Bertz CT molecular complexity index is 489. The monoisotopic (exact) mass is 297 g/mol. The van der Waals surface area contributed by atoms with Gasteiger partial charge in [-0.3, -0.25) is 14.5 Å². The summed E-state index contributed by atoms with van der Waals surface area (Å²) in [7, 11) is 0. The van der Waals surface area contributed by atoms with Crippen molar-refractivity contribution in [2.75, 3.05) is 31.6 Å². The minimum absolute atomic E-state index is 0.133. The number of hydrogen-bond donors (Lipinski definition) is 2. The van der Waals surface area contributed by atoms with Crippen LogP contribution in [0.3, 0.4) is 0 Å². The van der Waals surface area contributed by atoms with Crippen molar-refractivity contribution in [2.45, 2.75) is 19.4 Å². The second kappa shape index (κ2) is 6.83. The Balaban J connectivity index is 1.89. The molecule has 0 bridgehead atoms. The molecule has 0 spiro atoms. The first-order valence-electron chi connectivity index (χ1n) is 6.61. The van der Waals surface area contributed by atoms with Crippen LogP contribution in [-0.4, -0.2) is 49.1 Å². The van der Waals surface area contributed by atoms with Gasteiger partial charge in [-0.2, -0.15) is 0 Å². The summed E-state index contributed by atoms with van der Waals surface area (Å²) in [6.07, 6.45) is 1.13. The molecule has 1 unspecified atom stereocenters. The van der Waals surface area contributed by atoms with Gasteiger partial charge in [0.05, 0.1) is 24.8 Å². The van der Waals surface area contributed by atoms with Crippen molar-refractivity contribution in [3.05, 3.63) is 17.0 Å². The number of nitrogens with one attached hydrogen (secondary N) is 1. The van der Waals surface area contributed by atoms with Crippen LogP contribution in [-0.2, 0) is 9.53 Å². The third-order valence-corrected chi connectivity index (χ3v) is 4.06. The van der Waals surface area contributed by atoms with Crippen LogP contribution < -0.4 is 11.1 Å². The van der Waals surface area contributed by atoms with Gasteiger partial charge in [-0.25, -0.2) is 0 Å². The predicted octanol–water partition coefficient (Wildman–Crippen LogP) is 0.896. The van der Waals surface area contributed by atoms with Gasteiger partial charge in [-0.1, -0.05) is 6.92 Å². The molecule has 1 aliphatic heterocycles. The third kappa shape index (κ3) is 3.78. The number of hydrogen-bond acceptors (Lipinski definition) is 5. The molecule has 1 aromatic heterocycles. The summed E-state index contributed by atoms with van der Waals surface area (Å²) < 4.78 is 5.56. The summed E-state index contributed by atoms with van der Waals surface area (Å²) in [5.74, 6) is -0.661. The predicted molar refractivity (Wildman–Crippen MR) is 77.9 cm³/mol. The fraction of sp³-hybridized carbons (Fsp3) is 0.538. The molecule has 0 radical (unpaired) electrons. The minimum Gasteiger partial charge on any atom is -0.376 e. The average Bonchev–Trinajstić information content (AvgIpc) is 2.87. The summed E-state index contributed by atoms with van der Waals surface area (Å²) in [6.45, 7) is 4.53. The Morgan fingerprint density at radius 2 is 2.40 bits per heavy atom. The van der Waals surface area contributed by atoms with E-state index in [4.69, 9.17) is 10.5 Å². The van der Waals surface area contributed by atoms with E-state index >= 15 is 0 Å². The van der Waals surface area contributed by atoms with Crippen LogP contribution in [0.25, 0.3) is 0 Å². The van der Waals surface area contributed by atoms with Crippen molar-refractivity contribution in [1.29, 1.82) is 0 Å². The normalized spacial score (nSPS) is 19.8. The Labute approximate surface area is 121 Å². The molecule has 1 saturated heterocycles. The van der Waals surface area contributed by atoms with Gasteiger partial charge in [0.15, 0.2) is 0 Å². The third-order valence-electron chi connectivity index (χ3n) is 3.23. The maximum atomic E-state index is 12.0. The first-order chi connectivity index (χ1) is 9.60. The molecule has 1 atom stereocenters. The molecule has 2 amide bonds. The van der Waals surface area contributed by atoms with Crippen LogP contribution in [0, 0.1) is 0 Å². The molecule has 6 nitrogen and oxygen atoms in total. The van der Waals surface area contributed by atoms with Gasteiger partial charge in [0.1, 0.15) is 5.00 Å². The summed E-state index contributed by atoms with van der Waals surface area (Å²) in [4.78, 5) is 25.3. The molecule has 0 aromatic carbocycles. The molecule has 0 saturated carbocycles. The van der Waals surface area contributed by atoms with Gasteiger partial charge in [0, 0.05) is 13.1 Å². The number of ether oxygens (including phenoxy) is 1. The molecule has 2 rings (SSSR count). The number of thiophene rings is 1. The van der Waals surface area contributed by atoms with Crippen molar-refractivity contribution in [2.24, 2.45) is 5.73 Å². The fourth-order valence-corrected chi connectivity index (χ4v) is 2.95. The Kier molecular flexibility index (Phi) is 5.11. The molecular weight excluding hydrogens is 278 g/mol. The van der Waals surface area contributed by atoms with Crippen LogP contribution in [0.15, 0.2) is 11.4 Å². The molecule has 1 aliphatic rings. The number of morpholine rings is 1. The smallest absolute Gasteiger partial charge is 0.251 e. The van der Waals surface area contributed by atoms with Crippen LogP contribution in [0.5, 0.6) is 0 Å². The molecule has 7 heteroatoms. The van der Waals surface area contributed by atoms with Crippen molar-refractivity contribution in [3.63, 3.8) is 0 Å². The molecule has 0 aliphatic carbocycles. The Morgan fingerprint density at radius 3 is 3.10 bits per heavy atom. The molecule has 110 valence electrons. The van der Waals surface area contributed by atoms with Crippen molar-refractivity contribution >= 4 is 28.2 Å². The molecule has 2 heterocycles. The number of carbonyl (C=O) groups excluding carboxylic acids is 2. The lowest BCUT2D eigenvalue weighted by Gasteiger charge is -2.31. The Morgan fingerprint density at radius 1 is 1.60 bits per heavy atom.